The molecule has 1 aliphatic carbocycles. The maximum Gasteiger partial charge on any atom is 0.225 e. The van der Waals surface area contributed by atoms with Crippen LogP contribution in [0.5, 0.6) is 0 Å². The lowest BCUT2D eigenvalue weighted by atomic mass is 9.88. The second-order valence-corrected chi connectivity index (χ2v) is 8.86. The van der Waals surface area contributed by atoms with E-state index in [1.165, 1.54) is 19.3 Å². The van der Waals surface area contributed by atoms with Gasteiger partial charge in [0, 0.05) is 43.4 Å². The number of aliphatic imine (C=N–C) groups is 1. The third-order valence-corrected chi connectivity index (χ3v) is 6.45. The molecule has 170 valence electrons. The first-order chi connectivity index (χ1) is 15.7. The zero-order valence-corrected chi connectivity index (χ0v) is 19.1. The summed E-state index contributed by atoms with van der Waals surface area (Å²) in [6, 6.07) is 14.6. The molecule has 2 heterocycles. The molecule has 2 fully saturated rings. The minimum atomic E-state index is 0.246. The van der Waals surface area contributed by atoms with Crippen LogP contribution in [0.15, 0.2) is 53.7 Å². The van der Waals surface area contributed by atoms with Crippen LogP contribution >= 0.6 is 0 Å². The summed E-state index contributed by atoms with van der Waals surface area (Å²) in [5, 5.41) is 6.91. The van der Waals surface area contributed by atoms with E-state index in [2.05, 4.69) is 51.7 Å². The van der Waals surface area contributed by atoms with Gasteiger partial charge >= 0.3 is 0 Å². The number of nitrogens with zero attached hydrogens (tertiary/aromatic N) is 3. The number of carbonyl (C=O) groups is 1. The first-order valence-electron chi connectivity index (χ1n) is 12.1. The molecule has 0 spiro atoms. The van der Waals surface area contributed by atoms with E-state index in [0.717, 1.165) is 61.7 Å². The topological polar surface area (TPSA) is 69.6 Å². The molecule has 0 bridgehead atoms. The highest BCUT2D eigenvalue weighted by molar-refractivity contribution is 5.81. The van der Waals surface area contributed by atoms with Gasteiger partial charge in [-0.15, -0.1) is 0 Å². The van der Waals surface area contributed by atoms with Crippen molar-refractivity contribution in [2.24, 2.45) is 10.9 Å². The van der Waals surface area contributed by atoms with Crippen molar-refractivity contribution < 1.29 is 4.79 Å². The molecule has 1 aliphatic heterocycles. The first kappa shape index (κ1) is 22.3. The Labute approximate surface area is 191 Å². The second kappa shape index (κ2) is 11.1. The van der Waals surface area contributed by atoms with Crippen LogP contribution in [0.25, 0.3) is 11.3 Å². The van der Waals surface area contributed by atoms with E-state index in [9.17, 15) is 4.79 Å². The van der Waals surface area contributed by atoms with Crippen LogP contribution in [0, 0.1) is 5.92 Å². The molecule has 2 N–H and O–H groups in total. The summed E-state index contributed by atoms with van der Waals surface area (Å²) in [5.74, 6) is 1.42. The summed E-state index contributed by atoms with van der Waals surface area (Å²) >= 11 is 0. The Bertz CT molecular complexity index is 907. The predicted molar refractivity (Wildman–Crippen MR) is 129 cm³/mol. The Morgan fingerprint density at radius 1 is 1.12 bits per heavy atom. The number of rotatable bonds is 6. The van der Waals surface area contributed by atoms with Gasteiger partial charge in [0.2, 0.25) is 5.91 Å². The fraction of sp³-hybridized carbons (Fsp3) is 0.500. The summed E-state index contributed by atoms with van der Waals surface area (Å²) in [4.78, 5) is 24.2. The van der Waals surface area contributed by atoms with Crippen LogP contribution in [-0.2, 0) is 11.3 Å². The molecule has 1 unspecified atom stereocenters. The van der Waals surface area contributed by atoms with Crippen LogP contribution < -0.4 is 10.6 Å². The monoisotopic (exact) mass is 433 g/mol. The molecule has 32 heavy (non-hydrogen) atoms. The molecule has 1 aromatic heterocycles. The minimum Gasteiger partial charge on any atom is -0.357 e. The van der Waals surface area contributed by atoms with E-state index < -0.39 is 0 Å². The Kier molecular flexibility index (Phi) is 7.75. The van der Waals surface area contributed by atoms with Crippen LogP contribution in [0.4, 0.5) is 0 Å². The number of pyridine rings is 1. The average molecular weight is 434 g/mol. The number of carbonyl (C=O) groups excluding carboxylic acids is 1. The molecule has 0 radical (unpaired) electrons. The quantitative estimate of drug-likeness (QED) is 0.534. The van der Waals surface area contributed by atoms with Crippen LogP contribution in [0.3, 0.4) is 0 Å². The number of aromatic nitrogens is 1. The number of hydrogen-bond donors (Lipinski definition) is 2. The predicted octanol–water partition coefficient (Wildman–Crippen LogP) is 3.98. The normalized spacial score (nSPS) is 19.7. The zero-order chi connectivity index (χ0) is 22.2. The van der Waals surface area contributed by atoms with Crippen molar-refractivity contribution in [1.82, 2.24) is 20.5 Å². The number of hydrogen-bond acceptors (Lipinski definition) is 3. The van der Waals surface area contributed by atoms with Gasteiger partial charge in [-0.05, 0) is 49.9 Å². The molecule has 1 saturated carbocycles. The summed E-state index contributed by atoms with van der Waals surface area (Å²) in [6.45, 7) is 5.09. The van der Waals surface area contributed by atoms with E-state index >= 15 is 0 Å². The fourth-order valence-electron chi connectivity index (χ4n) is 4.73. The van der Waals surface area contributed by atoms with E-state index in [-0.39, 0.29) is 12.0 Å². The number of amides is 1. The van der Waals surface area contributed by atoms with Gasteiger partial charge in [0.1, 0.15) is 0 Å². The molecule has 6 nitrogen and oxygen atoms in total. The molecule has 2 aromatic rings. The van der Waals surface area contributed by atoms with Crippen molar-refractivity contribution in [3.05, 3.63) is 54.2 Å². The number of likely N-dealkylation sites (tertiary alicyclic amines) is 1. The smallest absolute Gasteiger partial charge is 0.225 e. The van der Waals surface area contributed by atoms with Gasteiger partial charge in [0.15, 0.2) is 5.96 Å². The van der Waals surface area contributed by atoms with Gasteiger partial charge in [-0.3, -0.25) is 9.78 Å². The highest BCUT2D eigenvalue weighted by Gasteiger charge is 2.31. The van der Waals surface area contributed by atoms with Crippen molar-refractivity contribution >= 4 is 11.9 Å². The molecular formula is C26H35N5O. The van der Waals surface area contributed by atoms with Crippen LogP contribution in [0.2, 0.25) is 0 Å². The Morgan fingerprint density at radius 2 is 2.00 bits per heavy atom. The molecule has 2 aliphatic rings. The average Bonchev–Trinajstić information content (AvgIpc) is 3.32. The molecular weight excluding hydrogens is 398 g/mol. The van der Waals surface area contributed by atoms with E-state index in [1.54, 1.807) is 0 Å². The lowest BCUT2D eigenvalue weighted by molar-refractivity contribution is -0.135. The molecule has 6 heteroatoms. The molecule has 1 saturated heterocycles. The Balaban J connectivity index is 1.35. The summed E-state index contributed by atoms with van der Waals surface area (Å²) in [6.07, 6.45) is 8.59. The SMILES string of the molecule is CCNC(=NCc1cccc(-c2ccccn2)c1)NC1CCN(C(=O)C2CCCCC2)C1. The summed E-state index contributed by atoms with van der Waals surface area (Å²) in [7, 11) is 0. The van der Waals surface area contributed by atoms with E-state index in [1.807, 2.05) is 24.4 Å². The highest BCUT2D eigenvalue weighted by Crippen LogP contribution is 2.26. The fourth-order valence-corrected chi connectivity index (χ4v) is 4.73. The Morgan fingerprint density at radius 3 is 2.78 bits per heavy atom. The molecule has 1 aromatic carbocycles. The van der Waals surface area contributed by atoms with Gasteiger partial charge in [0.25, 0.3) is 0 Å². The largest absolute Gasteiger partial charge is 0.357 e. The van der Waals surface area contributed by atoms with Crippen molar-refractivity contribution in [2.75, 3.05) is 19.6 Å². The third kappa shape index (κ3) is 5.87. The van der Waals surface area contributed by atoms with Crippen molar-refractivity contribution in [3.8, 4) is 11.3 Å². The number of nitrogens with one attached hydrogen (secondary N) is 2. The standard InChI is InChI=1S/C26H35N5O/c1-2-27-26(29-18-20-9-8-12-22(17-20)24-13-6-7-15-28-24)30-23-14-16-31(19-23)25(32)21-10-4-3-5-11-21/h6-9,12-13,15,17,21,23H,2-5,10-11,14,16,18-19H2,1H3,(H2,27,29,30). The van der Waals surface area contributed by atoms with Crippen molar-refractivity contribution in [1.29, 1.82) is 0 Å². The molecule has 1 amide bonds. The Hall–Kier alpha value is -2.89. The van der Waals surface area contributed by atoms with Crippen molar-refractivity contribution in [3.63, 3.8) is 0 Å². The molecule has 4 rings (SSSR count). The van der Waals surface area contributed by atoms with Gasteiger partial charge in [-0.2, -0.15) is 0 Å². The lowest BCUT2D eigenvalue weighted by Crippen LogP contribution is -2.45. The number of benzene rings is 1. The van der Waals surface area contributed by atoms with E-state index in [4.69, 9.17) is 4.99 Å². The minimum absolute atomic E-state index is 0.246. The molecule has 1 atom stereocenters. The van der Waals surface area contributed by atoms with Crippen molar-refractivity contribution in [2.45, 2.75) is 58.0 Å². The van der Waals surface area contributed by atoms with Gasteiger partial charge in [-0.25, -0.2) is 4.99 Å². The van der Waals surface area contributed by atoms with Gasteiger partial charge in [-0.1, -0.05) is 43.5 Å². The van der Waals surface area contributed by atoms with Gasteiger partial charge in [0.05, 0.1) is 12.2 Å². The van der Waals surface area contributed by atoms with Crippen LogP contribution in [-0.4, -0.2) is 47.4 Å². The lowest BCUT2D eigenvalue weighted by Gasteiger charge is -2.26. The van der Waals surface area contributed by atoms with Crippen LogP contribution in [0.1, 0.15) is 51.0 Å². The zero-order valence-electron chi connectivity index (χ0n) is 19.1. The third-order valence-electron chi connectivity index (χ3n) is 6.45. The number of guanidine groups is 1. The maximum atomic E-state index is 12.9. The second-order valence-electron chi connectivity index (χ2n) is 8.86. The van der Waals surface area contributed by atoms with E-state index in [0.29, 0.717) is 12.5 Å². The summed E-state index contributed by atoms with van der Waals surface area (Å²) < 4.78 is 0. The summed E-state index contributed by atoms with van der Waals surface area (Å²) in [5.41, 5.74) is 3.21. The van der Waals surface area contributed by atoms with Gasteiger partial charge < -0.3 is 15.5 Å². The maximum absolute atomic E-state index is 12.9. The highest BCUT2D eigenvalue weighted by atomic mass is 16.2. The first-order valence-corrected chi connectivity index (χ1v) is 12.1.